The first kappa shape index (κ1) is 11.5. The van der Waals surface area contributed by atoms with Gasteiger partial charge in [-0.3, -0.25) is 0 Å². The molecule has 0 spiro atoms. The Kier molecular flexibility index (Phi) is 2.80. The van der Waals surface area contributed by atoms with Gasteiger partial charge in [0.2, 0.25) is 0 Å². The van der Waals surface area contributed by atoms with Crippen molar-refractivity contribution >= 4 is 0 Å². The molecule has 0 heterocycles. The number of rotatable bonds is 2. The third-order valence-corrected chi connectivity index (χ3v) is 3.15. The Morgan fingerprint density at radius 1 is 0.882 bits per heavy atom. The van der Waals surface area contributed by atoms with Crippen molar-refractivity contribution in [3.8, 4) is 11.5 Å². The molecule has 0 fully saturated rings. The minimum absolute atomic E-state index is 0.242. The van der Waals surface area contributed by atoms with E-state index in [1.807, 2.05) is 38.1 Å². The molecule has 0 saturated carbocycles. The SMILES string of the molecule is CC(C)(c1cccc(O)c1)c1ccccc1O. The smallest absolute Gasteiger partial charge is 0.119 e. The van der Waals surface area contributed by atoms with Gasteiger partial charge in [0.25, 0.3) is 0 Å². The lowest BCUT2D eigenvalue weighted by Gasteiger charge is -2.26. The highest BCUT2D eigenvalue weighted by Crippen LogP contribution is 2.37. The maximum absolute atomic E-state index is 9.91. The average molecular weight is 228 g/mol. The Bertz CT molecular complexity index is 530. The third kappa shape index (κ3) is 2.11. The van der Waals surface area contributed by atoms with Gasteiger partial charge in [-0.15, -0.1) is 0 Å². The molecule has 2 aromatic carbocycles. The summed E-state index contributed by atoms with van der Waals surface area (Å²) in [5.41, 5.74) is 1.48. The Morgan fingerprint density at radius 2 is 1.59 bits per heavy atom. The highest BCUT2D eigenvalue weighted by atomic mass is 16.3. The first-order valence-corrected chi connectivity index (χ1v) is 5.60. The zero-order valence-corrected chi connectivity index (χ0v) is 10.0. The van der Waals surface area contributed by atoms with Crippen molar-refractivity contribution in [2.45, 2.75) is 19.3 Å². The van der Waals surface area contributed by atoms with Crippen molar-refractivity contribution in [1.82, 2.24) is 0 Å². The highest BCUT2D eigenvalue weighted by molar-refractivity contribution is 5.46. The Balaban J connectivity index is 2.53. The van der Waals surface area contributed by atoms with Crippen LogP contribution in [0.1, 0.15) is 25.0 Å². The summed E-state index contributed by atoms with van der Waals surface area (Å²) in [4.78, 5) is 0. The van der Waals surface area contributed by atoms with E-state index in [4.69, 9.17) is 0 Å². The van der Waals surface area contributed by atoms with Crippen LogP contribution in [0.3, 0.4) is 0 Å². The first-order chi connectivity index (χ1) is 8.01. The summed E-state index contributed by atoms with van der Waals surface area (Å²) in [6, 6.07) is 14.4. The van der Waals surface area contributed by atoms with Gasteiger partial charge in [-0.2, -0.15) is 0 Å². The molecule has 2 aromatic rings. The molecule has 88 valence electrons. The van der Waals surface area contributed by atoms with E-state index >= 15 is 0 Å². The van der Waals surface area contributed by atoms with Gasteiger partial charge in [0, 0.05) is 11.0 Å². The third-order valence-electron chi connectivity index (χ3n) is 3.15. The standard InChI is InChI=1S/C15H16O2/c1-15(2,11-6-5-7-12(16)10-11)13-8-3-4-9-14(13)17/h3-10,16-17H,1-2H3. The molecule has 2 nitrogen and oxygen atoms in total. The number of phenolic OH excluding ortho intramolecular Hbond substituents is 2. The predicted molar refractivity (Wildman–Crippen MR) is 68.3 cm³/mol. The molecule has 0 bridgehead atoms. The molecule has 17 heavy (non-hydrogen) atoms. The molecule has 0 atom stereocenters. The van der Waals surface area contributed by atoms with Crippen LogP contribution in [-0.4, -0.2) is 10.2 Å². The summed E-state index contributed by atoms with van der Waals surface area (Å²) in [5, 5.41) is 19.4. The second kappa shape index (κ2) is 4.13. The van der Waals surface area contributed by atoms with Gasteiger partial charge < -0.3 is 10.2 Å². The minimum atomic E-state index is -0.343. The van der Waals surface area contributed by atoms with E-state index in [1.165, 1.54) is 0 Å². The van der Waals surface area contributed by atoms with Gasteiger partial charge in [-0.25, -0.2) is 0 Å². The molecule has 0 unspecified atom stereocenters. The molecule has 2 rings (SSSR count). The molecule has 0 aliphatic heterocycles. The van der Waals surface area contributed by atoms with E-state index in [9.17, 15) is 10.2 Å². The van der Waals surface area contributed by atoms with E-state index in [0.29, 0.717) is 0 Å². The van der Waals surface area contributed by atoms with E-state index in [-0.39, 0.29) is 16.9 Å². The average Bonchev–Trinajstić information content (AvgIpc) is 2.29. The van der Waals surface area contributed by atoms with Gasteiger partial charge >= 0.3 is 0 Å². The molecule has 0 saturated heterocycles. The normalized spacial score (nSPS) is 11.4. The van der Waals surface area contributed by atoms with Gasteiger partial charge in [-0.1, -0.05) is 44.2 Å². The highest BCUT2D eigenvalue weighted by Gasteiger charge is 2.25. The summed E-state index contributed by atoms with van der Waals surface area (Å²) in [7, 11) is 0. The number of benzene rings is 2. The molecule has 0 radical (unpaired) electrons. The predicted octanol–water partition coefficient (Wildman–Crippen LogP) is 3.42. The molecular weight excluding hydrogens is 212 g/mol. The van der Waals surface area contributed by atoms with Crippen LogP contribution in [0, 0.1) is 0 Å². The second-order valence-corrected chi connectivity index (χ2v) is 4.69. The number of aromatic hydroxyl groups is 2. The zero-order valence-electron chi connectivity index (χ0n) is 10.0. The van der Waals surface area contributed by atoms with E-state index in [1.54, 1.807) is 24.3 Å². The fourth-order valence-electron chi connectivity index (χ4n) is 2.05. The lowest BCUT2D eigenvalue weighted by molar-refractivity contribution is 0.450. The zero-order chi connectivity index (χ0) is 12.5. The lowest BCUT2D eigenvalue weighted by Crippen LogP contribution is -2.18. The Hall–Kier alpha value is -1.96. The fraction of sp³-hybridized carbons (Fsp3) is 0.200. The maximum Gasteiger partial charge on any atom is 0.119 e. The summed E-state index contributed by atoms with van der Waals surface area (Å²) in [6.07, 6.45) is 0. The van der Waals surface area contributed by atoms with Crippen molar-refractivity contribution in [3.63, 3.8) is 0 Å². The van der Waals surface area contributed by atoms with Crippen LogP contribution in [0.25, 0.3) is 0 Å². The van der Waals surface area contributed by atoms with E-state index in [2.05, 4.69) is 0 Å². The van der Waals surface area contributed by atoms with Crippen molar-refractivity contribution in [2.24, 2.45) is 0 Å². The Labute approximate surface area is 101 Å². The molecule has 2 N–H and O–H groups in total. The Morgan fingerprint density at radius 3 is 2.24 bits per heavy atom. The maximum atomic E-state index is 9.91. The molecule has 2 heteroatoms. The largest absolute Gasteiger partial charge is 0.508 e. The monoisotopic (exact) mass is 228 g/mol. The van der Waals surface area contributed by atoms with Crippen LogP contribution in [0.5, 0.6) is 11.5 Å². The van der Waals surface area contributed by atoms with Gasteiger partial charge in [-0.05, 0) is 23.8 Å². The van der Waals surface area contributed by atoms with Crippen molar-refractivity contribution < 1.29 is 10.2 Å². The van der Waals surface area contributed by atoms with E-state index in [0.717, 1.165) is 11.1 Å². The van der Waals surface area contributed by atoms with Crippen LogP contribution < -0.4 is 0 Å². The first-order valence-electron chi connectivity index (χ1n) is 5.60. The quantitative estimate of drug-likeness (QED) is 0.826. The minimum Gasteiger partial charge on any atom is -0.508 e. The van der Waals surface area contributed by atoms with Gasteiger partial charge in [0.15, 0.2) is 0 Å². The summed E-state index contributed by atoms with van der Waals surface area (Å²) < 4.78 is 0. The molecule has 0 aromatic heterocycles. The van der Waals surface area contributed by atoms with Gasteiger partial charge in [0.1, 0.15) is 11.5 Å². The second-order valence-electron chi connectivity index (χ2n) is 4.69. The summed E-state index contributed by atoms with van der Waals surface area (Å²) in [5.74, 6) is 0.520. The van der Waals surface area contributed by atoms with Crippen LogP contribution in [0.2, 0.25) is 0 Å². The van der Waals surface area contributed by atoms with Crippen LogP contribution in [-0.2, 0) is 5.41 Å². The summed E-state index contributed by atoms with van der Waals surface area (Å²) >= 11 is 0. The fourth-order valence-corrected chi connectivity index (χ4v) is 2.05. The van der Waals surface area contributed by atoms with Crippen molar-refractivity contribution in [2.75, 3.05) is 0 Å². The molecule has 0 amide bonds. The van der Waals surface area contributed by atoms with E-state index < -0.39 is 0 Å². The van der Waals surface area contributed by atoms with Crippen LogP contribution in [0.4, 0.5) is 0 Å². The lowest BCUT2D eigenvalue weighted by atomic mass is 9.77. The number of hydrogen-bond donors (Lipinski definition) is 2. The van der Waals surface area contributed by atoms with Crippen LogP contribution in [0.15, 0.2) is 48.5 Å². The number of phenols is 2. The molecule has 0 aliphatic rings. The summed E-state index contributed by atoms with van der Waals surface area (Å²) in [6.45, 7) is 4.05. The van der Waals surface area contributed by atoms with Gasteiger partial charge in [0.05, 0.1) is 0 Å². The van der Waals surface area contributed by atoms with Crippen molar-refractivity contribution in [1.29, 1.82) is 0 Å². The number of hydrogen-bond acceptors (Lipinski definition) is 2. The number of para-hydroxylation sites is 1. The molecule has 0 aliphatic carbocycles. The topological polar surface area (TPSA) is 40.5 Å². The van der Waals surface area contributed by atoms with Crippen LogP contribution >= 0.6 is 0 Å². The molecular formula is C15H16O2. The van der Waals surface area contributed by atoms with Crippen molar-refractivity contribution in [3.05, 3.63) is 59.7 Å².